The van der Waals surface area contributed by atoms with Gasteiger partial charge in [0.25, 0.3) is 10.0 Å². The molecule has 0 heterocycles. The van der Waals surface area contributed by atoms with E-state index in [0.29, 0.717) is 18.1 Å². The van der Waals surface area contributed by atoms with Gasteiger partial charge in [0.1, 0.15) is 24.1 Å². The molecule has 3 aromatic rings. The average Bonchev–Trinajstić information content (AvgIpc) is 3.03. The average molecular weight is 622 g/mol. The molecule has 1 aliphatic carbocycles. The van der Waals surface area contributed by atoms with Crippen LogP contribution in [0.4, 0.5) is 5.69 Å². The van der Waals surface area contributed by atoms with Crippen molar-refractivity contribution in [3.05, 3.63) is 83.9 Å². The molecule has 0 aromatic heterocycles. The molecule has 9 nitrogen and oxygen atoms in total. The van der Waals surface area contributed by atoms with Crippen molar-refractivity contribution in [3.8, 4) is 11.5 Å². The number of sulfonamides is 1. The van der Waals surface area contributed by atoms with E-state index in [1.165, 1.54) is 17.0 Å². The number of nitrogens with one attached hydrogen (secondary N) is 1. The third-order valence-electron chi connectivity index (χ3n) is 7.95. The van der Waals surface area contributed by atoms with E-state index in [1.54, 1.807) is 62.6 Å². The molecule has 0 saturated heterocycles. The van der Waals surface area contributed by atoms with E-state index < -0.39 is 28.5 Å². The van der Waals surface area contributed by atoms with Gasteiger partial charge in [0.15, 0.2) is 0 Å². The summed E-state index contributed by atoms with van der Waals surface area (Å²) in [4.78, 5) is 29.3. The maximum absolute atomic E-state index is 14.3. The fourth-order valence-corrected chi connectivity index (χ4v) is 6.80. The topological polar surface area (TPSA) is 105 Å². The van der Waals surface area contributed by atoms with Gasteiger partial charge >= 0.3 is 0 Å². The second kappa shape index (κ2) is 15.1. The smallest absolute Gasteiger partial charge is 0.264 e. The van der Waals surface area contributed by atoms with Gasteiger partial charge in [0.05, 0.1) is 24.3 Å². The van der Waals surface area contributed by atoms with E-state index in [2.05, 4.69) is 5.32 Å². The Kier molecular flexibility index (Phi) is 11.3. The van der Waals surface area contributed by atoms with Gasteiger partial charge < -0.3 is 19.7 Å². The molecule has 0 aliphatic heterocycles. The second-order valence-electron chi connectivity index (χ2n) is 11.1. The summed E-state index contributed by atoms with van der Waals surface area (Å²) < 4.78 is 40.5. The lowest BCUT2D eigenvalue weighted by Gasteiger charge is -2.33. The van der Waals surface area contributed by atoms with Crippen LogP contribution in [-0.2, 0) is 26.2 Å². The van der Waals surface area contributed by atoms with Gasteiger partial charge in [0, 0.05) is 12.6 Å². The number of para-hydroxylation sites is 2. The summed E-state index contributed by atoms with van der Waals surface area (Å²) >= 11 is 0. The Balaban J connectivity index is 1.71. The SMILES string of the molecule is CCOc1ccccc1N(CC(=O)N(Cc1ccc(OC)cc1)C(C)C(=O)NC1CCCCC1)S(=O)(=O)c1ccc(C)cc1. The van der Waals surface area contributed by atoms with Crippen LogP contribution < -0.4 is 19.1 Å². The highest BCUT2D eigenvalue weighted by Gasteiger charge is 2.34. The molecule has 1 fully saturated rings. The van der Waals surface area contributed by atoms with Crippen LogP contribution in [0.3, 0.4) is 0 Å². The third kappa shape index (κ3) is 8.11. The highest BCUT2D eigenvalue weighted by atomic mass is 32.2. The van der Waals surface area contributed by atoms with Crippen LogP contribution in [0.15, 0.2) is 77.7 Å². The largest absolute Gasteiger partial charge is 0.497 e. The summed E-state index contributed by atoms with van der Waals surface area (Å²) in [7, 11) is -2.63. The summed E-state index contributed by atoms with van der Waals surface area (Å²) in [5.74, 6) is 0.219. The first-order valence-electron chi connectivity index (χ1n) is 15.2. The quantitative estimate of drug-likeness (QED) is 0.272. The Labute approximate surface area is 261 Å². The van der Waals surface area contributed by atoms with E-state index in [9.17, 15) is 18.0 Å². The predicted octanol–water partition coefficient (Wildman–Crippen LogP) is 5.46. The minimum atomic E-state index is -4.20. The lowest BCUT2D eigenvalue weighted by molar-refractivity contribution is -0.139. The molecule has 44 heavy (non-hydrogen) atoms. The number of anilines is 1. The van der Waals surface area contributed by atoms with Crippen molar-refractivity contribution in [1.29, 1.82) is 0 Å². The minimum absolute atomic E-state index is 0.0481. The van der Waals surface area contributed by atoms with Gasteiger partial charge in [-0.1, -0.05) is 61.2 Å². The number of nitrogens with zero attached hydrogens (tertiary/aromatic N) is 2. The van der Waals surface area contributed by atoms with Gasteiger partial charge in [-0.05, 0) is 75.6 Å². The molecule has 1 atom stereocenters. The van der Waals surface area contributed by atoms with Crippen molar-refractivity contribution < 1.29 is 27.5 Å². The Bertz CT molecular complexity index is 1500. The second-order valence-corrected chi connectivity index (χ2v) is 13.0. The maximum atomic E-state index is 14.3. The molecule has 0 spiro atoms. The van der Waals surface area contributed by atoms with Crippen LogP contribution in [0, 0.1) is 6.92 Å². The Morgan fingerprint density at radius 3 is 2.25 bits per heavy atom. The summed E-state index contributed by atoms with van der Waals surface area (Å²) in [5.41, 5.74) is 1.93. The zero-order valence-corrected chi connectivity index (χ0v) is 26.8. The number of aryl methyl sites for hydroxylation is 1. The van der Waals surface area contributed by atoms with Crippen LogP contribution in [0.25, 0.3) is 0 Å². The highest BCUT2D eigenvalue weighted by Crippen LogP contribution is 2.33. The molecule has 4 rings (SSSR count). The lowest BCUT2D eigenvalue weighted by Crippen LogP contribution is -2.53. The highest BCUT2D eigenvalue weighted by molar-refractivity contribution is 7.92. The first kappa shape index (κ1) is 32.9. The molecule has 1 aliphatic rings. The number of carbonyl (C=O) groups excluding carboxylic acids is 2. The molecule has 1 saturated carbocycles. The van der Waals surface area contributed by atoms with E-state index in [1.807, 2.05) is 26.0 Å². The van der Waals surface area contributed by atoms with E-state index >= 15 is 0 Å². The first-order chi connectivity index (χ1) is 21.1. The summed E-state index contributed by atoms with van der Waals surface area (Å²) in [5, 5.41) is 3.13. The van der Waals surface area contributed by atoms with Crippen LogP contribution in [0.5, 0.6) is 11.5 Å². The van der Waals surface area contributed by atoms with Crippen molar-refractivity contribution in [3.63, 3.8) is 0 Å². The van der Waals surface area contributed by atoms with Crippen LogP contribution in [-0.4, -0.2) is 57.5 Å². The van der Waals surface area contributed by atoms with E-state index in [4.69, 9.17) is 9.47 Å². The lowest BCUT2D eigenvalue weighted by atomic mass is 9.95. The van der Waals surface area contributed by atoms with E-state index in [-0.39, 0.29) is 29.1 Å². The third-order valence-corrected chi connectivity index (χ3v) is 9.73. The summed E-state index contributed by atoms with van der Waals surface area (Å²) in [6.07, 6.45) is 5.07. The number of methoxy groups -OCH3 is 1. The van der Waals surface area contributed by atoms with Crippen LogP contribution in [0.2, 0.25) is 0 Å². The number of benzene rings is 3. The number of amides is 2. The van der Waals surface area contributed by atoms with Gasteiger partial charge in [-0.2, -0.15) is 0 Å². The minimum Gasteiger partial charge on any atom is -0.497 e. The zero-order chi connectivity index (χ0) is 31.7. The molecule has 10 heteroatoms. The Hall–Kier alpha value is -4.05. The number of rotatable bonds is 13. The van der Waals surface area contributed by atoms with E-state index in [0.717, 1.165) is 47.5 Å². The predicted molar refractivity (Wildman–Crippen MR) is 171 cm³/mol. The van der Waals surface area contributed by atoms with Gasteiger partial charge in [-0.3, -0.25) is 13.9 Å². The standard InChI is InChI=1S/C34H43N3O6S/c1-5-43-32-14-10-9-13-31(32)37(44(40,41)30-21-15-25(2)16-22-30)24-33(38)36(23-27-17-19-29(42-4)20-18-27)26(3)34(39)35-28-11-7-6-8-12-28/h9-10,13-22,26,28H,5-8,11-12,23-24H2,1-4H3,(H,35,39). The van der Waals surface area contributed by atoms with Crippen LogP contribution >= 0.6 is 0 Å². The first-order valence-corrected chi connectivity index (χ1v) is 16.6. The maximum Gasteiger partial charge on any atom is 0.264 e. The summed E-state index contributed by atoms with van der Waals surface area (Å²) in [6, 6.07) is 19.7. The monoisotopic (exact) mass is 621 g/mol. The molecular weight excluding hydrogens is 578 g/mol. The number of hydrogen-bond acceptors (Lipinski definition) is 6. The molecular formula is C34H43N3O6S. The van der Waals surface area contributed by atoms with Gasteiger partial charge in [0.2, 0.25) is 11.8 Å². The number of hydrogen-bond donors (Lipinski definition) is 1. The molecule has 2 amide bonds. The Morgan fingerprint density at radius 2 is 1.61 bits per heavy atom. The number of ether oxygens (including phenoxy) is 2. The normalized spacial score (nSPS) is 14.4. The fourth-order valence-electron chi connectivity index (χ4n) is 5.37. The zero-order valence-electron chi connectivity index (χ0n) is 26.0. The fraction of sp³-hybridized carbons (Fsp3) is 0.412. The summed E-state index contributed by atoms with van der Waals surface area (Å²) in [6.45, 7) is 5.26. The molecule has 0 radical (unpaired) electrons. The molecule has 236 valence electrons. The molecule has 0 bridgehead atoms. The molecule has 3 aromatic carbocycles. The van der Waals surface area contributed by atoms with Crippen molar-refractivity contribution in [1.82, 2.24) is 10.2 Å². The van der Waals surface area contributed by atoms with Crippen molar-refractivity contribution >= 4 is 27.5 Å². The van der Waals surface area contributed by atoms with Crippen molar-refractivity contribution in [2.75, 3.05) is 24.6 Å². The molecule has 1 unspecified atom stereocenters. The van der Waals surface area contributed by atoms with Crippen molar-refractivity contribution in [2.24, 2.45) is 0 Å². The van der Waals surface area contributed by atoms with Crippen molar-refractivity contribution in [2.45, 2.75) is 76.4 Å². The van der Waals surface area contributed by atoms with Crippen LogP contribution in [0.1, 0.15) is 57.1 Å². The van der Waals surface area contributed by atoms with Gasteiger partial charge in [-0.15, -0.1) is 0 Å². The molecule has 1 N–H and O–H groups in total. The van der Waals surface area contributed by atoms with Gasteiger partial charge in [-0.25, -0.2) is 8.42 Å². The number of carbonyl (C=O) groups is 2. The Morgan fingerprint density at radius 1 is 0.955 bits per heavy atom.